The number of hydrogen-bond donors (Lipinski definition) is 2. The van der Waals surface area contributed by atoms with Crippen molar-refractivity contribution in [2.45, 2.75) is 27.3 Å². The maximum absolute atomic E-state index is 13.0. The molecule has 0 saturated heterocycles. The molecule has 0 aliphatic rings. The van der Waals surface area contributed by atoms with Gasteiger partial charge >= 0.3 is 5.69 Å². The van der Waals surface area contributed by atoms with Gasteiger partial charge in [0.1, 0.15) is 6.54 Å². The van der Waals surface area contributed by atoms with E-state index in [1.54, 1.807) is 30.3 Å². The molecule has 2 N–H and O–H groups in total. The van der Waals surface area contributed by atoms with Crippen molar-refractivity contribution in [2.75, 3.05) is 10.6 Å². The van der Waals surface area contributed by atoms with Crippen LogP contribution in [0.3, 0.4) is 0 Å². The summed E-state index contributed by atoms with van der Waals surface area (Å²) < 4.78 is 2.47. The molecule has 31 heavy (non-hydrogen) atoms. The predicted octanol–water partition coefficient (Wildman–Crippen LogP) is 3.85. The summed E-state index contributed by atoms with van der Waals surface area (Å²) in [7, 11) is 0. The predicted molar refractivity (Wildman–Crippen MR) is 121 cm³/mol. The Morgan fingerprint density at radius 2 is 1.77 bits per heavy atom. The summed E-state index contributed by atoms with van der Waals surface area (Å²) in [4.78, 5) is 29.9. The van der Waals surface area contributed by atoms with Crippen molar-refractivity contribution < 1.29 is 4.79 Å². The Morgan fingerprint density at radius 1 is 1.03 bits per heavy atom. The fraction of sp³-hybridized carbons (Fsp3) is 0.182. The van der Waals surface area contributed by atoms with E-state index in [1.165, 1.54) is 4.40 Å². The van der Waals surface area contributed by atoms with Crippen LogP contribution in [0.15, 0.2) is 53.3 Å². The molecule has 4 rings (SSSR count). The highest BCUT2D eigenvalue weighted by molar-refractivity contribution is 6.30. The Hall–Kier alpha value is -3.65. The van der Waals surface area contributed by atoms with Gasteiger partial charge in [0.2, 0.25) is 11.9 Å². The molecule has 0 fully saturated rings. The molecule has 9 heteroatoms. The number of aryl methyl sites for hydroxylation is 3. The standard InChI is InChI=1S/C22H21ClN6O2/c1-13-7-14(2)9-18(8-13)26-21-24-15(3)10-19-27-28(22(31)29(19)21)12-20(30)25-17-6-4-5-16(23)11-17/h4-11H,12H2,1-3H3,(H,24,26)(H,25,30). The number of hydrogen-bond acceptors (Lipinski definition) is 5. The molecule has 2 aromatic heterocycles. The number of nitrogens with one attached hydrogen (secondary N) is 2. The molecule has 0 saturated carbocycles. The van der Waals surface area contributed by atoms with E-state index in [0.717, 1.165) is 21.5 Å². The summed E-state index contributed by atoms with van der Waals surface area (Å²) in [6.07, 6.45) is 0. The fourth-order valence-corrected chi connectivity index (χ4v) is 3.61. The van der Waals surface area contributed by atoms with Crippen LogP contribution < -0.4 is 16.3 Å². The second-order valence-corrected chi connectivity index (χ2v) is 7.85. The van der Waals surface area contributed by atoms with Gasteiger partial charge in [0.15, 0.2) is 5.65 Å². The quantitative estimate of drug-likeness (QED) is 0.495. The molecule has 0 aliphatic heterocycles. The van der Waals surface area contributed by atoms with Crippen molar-refractivity contribution in [1.82, 2.24) is 19.2 Å². The Kier molecular flexibility index (Phi) is 5.48. The minimum absolute atomic E-state index is 0.241. The van der Waals surface area contributed by atoms with Crippen molar-refractivity contribution in [3.63, 3.8) is 0 Å². The van der Waals surface area contributed by atoms with Gasteiger partial charge < -0.3 is 10.6 Å². The van der Waals surface area contributed by atoms with Gasteiger partial charge in [-0.2, -0.15) is 0 Å². The third-order valence-corrected chi connectivity index (χ3v) is 4.81. The lowest BCUT2D eigenvalue weighted by molar-refractivity contribution is -0.117. The Morgan fingerprint density at radius 3 is 2.48 bits per heavy atom. The topological polar surface area (TPSA) is 93.3 Å². The van der Waals surface area contributed by atoms with Gasteiger partial charge in [0.05, 0.1) is 0 Å². The number of nitrogens with zero attached hydrogens (tertiary/aromatic N) is 4. The summed E-state index contributed by atoms with van der Waals surface area (Å²) in [5, 5.41) is 10.7. The molecule has 2 aromatic carbocycles. The van der Waals surface area contributed by atoms with Crippen molar-refractivity contribution in [1.29, 1.82) is 0 Å². The van der Waals surface area contributed by atoms with Crippen LogP contribution in [0.25, 0.3) is 5.65 Å². The van der Waals surface area contributed by atoms with Crippen molar-refractivity contribution in [3.05, 3.63) is 80.9 Å². The summed E-state index contributed by atoms with van der Waals surface area (Å²) in [6.45, 7) is 5.58. The van der Waals surface area contributed by atoms with Gasteiger partial charge in [-0.3, -0.25) is 4.79 Å². The molecule has 0 bridgehead atoms. The monoisotopic (exact) mass is 436 g/mol. The first-order chi connectivity index (χ1) is 14.8. The van der Waals surface area contributed by atoms with Crippen LogP contribution in [0.5, 0.6) is 0 Å². The van der Waals surface area contributed by atoms with Crippen LogP contribution in [-0.2, 0) is 11.3 Å². The zero-order valence-corrected chi connectivity index (χ0v) is 18.1. The number of fused-ring (bicyclic) bond motifs is 1. The number of rotatable bonds is 5. The molecule has 1 amide bonds. The highest BCUT2D eigenvalue weighted by atomic mass is 35.5. The van der Waals surface area contributed by atoms with Crippen LogP contribution in [0.2, 0.25) is 5.02 Å². The second kappa shape index (κ2) is 8.23. The number of halogens is 1. The first-order valence-corrected chi connectivity index (χ1v) is 10.0. The smallest absolute Gasteiger partial charge is 0.325 e. The highest BCUT2D eigenvalue weighted by Crippen LogP contribution is 2.19. The highest BCUT2D eigenvalue weighted by Gasteiger charge is 2.16. The third-order valence-electron chi connectivity index (χ3n) is 4.58. The molecular weight excluding hydrogens is 416 g/mol. The summed E-state index contributed by atoms with van der Waals surface area (Å²) >= 11 is 5.95. The molecule has 158 valence electrons. The molecule has 0 aliphatic carbocycles. The van der Waals surface area contributed by atoms with Gasteiger partial charge in [0, 0.05) is 28.2 Å². The number of anilines is 3. The average molecular weight is 437 g/mol. The zero-order valence-electron chi connectivity index (χ0n) is 17.3. The first-order valence-electron chi connectivity index (χ1n) is 9.66. The van der Waals surface area contributed by atoms with Gasteiger partial charge in [-0.15, -0.1) is 5.10 Å². The summed E-state index contributed by atoms with van der Waals surface area (Å²) in [6, 6.07) is 14.5. The van der Waals surface area contributed by atoms with Crippen molar-refractivity contribution >= 4 is 40.5 Å². The molecule has 8 nitrogen and oxygen atoms in total. The largest absolute Gasteiger partial charge is 0.353 e. The van der Waals surface area contributed by atoms with E-state index in [1.807, 2.05) is 32.9 Å². The van der Waals surface area contributed by atoms with Crippen molar-refractivity contribution in [2.24, 2.45) is 0 Å². The van der Waals surface area contributed by atoms with Gasteiger partial charge in [-0.25, -0.2) is 18.9 Å². The Labute approximate surface area is 183 Å². The second-order valence-electron chi connectivity index (χ2n) is 7.41. The molecule has 0 atom stereocenters. The molecule has 0 spiro atoms. The third kappa shape index (κ3) is 4.59. The zero-order chi connectivity index (χ0) is 22.1. The molecular formula is C22H21ClN6O2. The molecule has 0 radical (unpaired) electrons. The van der Waals surface area contributed by atoms with Gasteiger partial charge in [0.25, 0.3) is 0 Å². The van der Waals surface area contributed by atoms with E-state index >= 15 is 0 Å². The van der Waals surface area contributed by atoms with Crippen LogP contribution in [0.4, 0.5) is 17.3 Å². The minimum Gasteiger partial charge on any atom is -0.325 e. The van der Waals surface area contributed by atoms with E-state index in [-0.39, 0.29) is 12.5 Å². The van der Waals surface area contributed by atoms with E-state index in [2.05, 4.69) is 26.8 Å². The summed E-state index contributed by atoms with van der Waals surface area (Å²) in [5.41, 5.74) is 4.17. The lowest BCUT2D eigenvalue weighted by Crippen LogP contribution is -2.29. The van der Waals surface area contributed by atoms with Gasteiger partial charge in [-0.1, -0.05) is 23.7 Å². The fourth-order valence-electron chi connectivity index (χ4n) is 3.42. The number of amides is 1. The minimum atomic E-state index is -0.462. The normalized spacial score (nSPS) is 11.0. The van der Waals surface area contributed by atoms with E-state index in [9.17, 15) is 9.59 Å². The number of carbonyl (C=O) groups excluding carboxylic acids is 1. The maximum Gasteiger partial charge on any atom is 0.353 e. The van der Waals surface area contributed by atoms with E-state index in [4.69, 9.17) is 11.6 Å². The number of carbonyl (C=O) groups is 1. The number of aromatic nitrogens is 4. The van der Waals surface area contributed by atoms with Crippen LogP contribution in [0.1, 0.15) is 16.8 Å². The first kappa shape index (κ1) is 20.6. The van der Waals surface area contributed by atoms with Gasteiger partial charge in [-0.05, 0) is 62.2 Å². The van der Waals surface area contributed by atoms with E-state index < -0.39 is 5.69 Å². The van der Waals surface area contributed by atoms with Crippen molar-refractivity contribution in [3.8, 4) is 0 Å². The number of benzene rings is 2. The maximum atomic E-state index is 13.0. The Bertz CT molecular complexity index is 1340. The molecule has 2 heterocycles. The molecule has 4 aromatic rings. The van der Waals surface area contributed by atoms with Crippen LogP contribution in [0, 0.1) is 20.8 Å². The lowest BCUT2D eigenvalue weighted by atomic mass is 10.1. The van der Waals surface area contributed by atoms with E-state index in [0.29, 0.717) is 28.0 Å². The molecule has 0 unspecified atom stereocenters. The Balaban J connectivity index is 1.66. The SMILES string of the molecule is Cc1cc(C)cc(Nc2nc(C)cc3nn(CC(=O)Nc4cccc(Cl)c4)c(=O)n23)c1. The summed E-state index contributed by atoms with van der Waals surface area (Å²) in [5.74, 6) is -0.0484. The average Bonchev–Trinajstić information content (AvgIpc) is 2.96. The lowest BCUT2D eigenvalue weighted by Gasteiger charge is -2.09. The van der Waals surface area contributed by atoms with Crippen LogP contribution >= 0.6 is 11.6 Å². The van der Waals surface area contributed by atoms with Crippen LogP contribution in [-0.4, -0.2) is 25.1 Å².